The average molecular weight is 580 g/mol. The third-order valence-electron chi connectivity index (χ3n) is 8.79. The molecule has 0 amide bonds. The van der Waals surface area contributed by atoms with Crippen LogP contribution in [-0.2, 0) is 0 Å². The number of pyridine rings is 1. The summed E-state index contributed by atoms with van der Waals surface area (Å²) in [5.74, 6) is 1.09. The predicted octanol–water partition coefficient (Wildman–Crippen LogP) is 9.94. The molecule has 0 saturated carbocycles. The Hall–Kier alpha value is -6.07. The average Bonchev–Trinajstić information content (AvgIpc) is 3.61. The van der Waals surface area contributed by atoms with Crippen molar-refractivity contribution in [2.75, 3.05) is 15.1 Å². The summed E-state index contributed by atoms with van der Waals surface area (Å²) >= 11 is 0. The molecule has 1 N–H and O–H groups in total. The van der Waals surface area contributed by atoms with E-state index in [1.807, 2.05) is 12.3 Å². The van der Waals surface area contributed by atoms with Crippen LogP contribution in [0.25, 0.3) is 28.2 Å². The van der Waals surface area contributed by atoms with Gasteiger partial charge in [0.05, 0.1) is 16.9 Å². The van der Waals surface area contributed by atoms with E-state index in [-0.39, 0.29) is 6.17 Å². The van der Waals surface area contributed by atoms with Gasteiger partial charge in [-0.3, -0.25) is 9.55 Å². The zero-order valence-electron chi connectivity index (χ0n) is 24.5. The summed E-state index contributed by atoms with van der Waals surface area (Å²) in [5.41, 5.74) is 11.2. The highest BCUT2D eigenvalue weighted by Crippen LogP contribution is 2.50. The molecule has 5 nitrogen and oxygen atoms in total. The minimum absolute atomic E-state index is 0.112. The van der Waals surface area contributed by atoms with Crippen LogP contribution in [0.1, 0.15) is 11.3 Å². The minimum Gasteiger partial charge on any atom is -0.346 e. The Balaban J connectivity index is 1.17. The summed E-state index contributed by atoms with van der Waals surface area (Å²) in [4.78, 5) is 9.57. The van der Waals surface area contributed by atoms with Crippen LogP contribution in [0.2, 0.25) is 0 Å². The molecule has 0 saturated heterocycles. The standard InChI is InChI=1S/C40H29N5/c1-4-13-28(14-5-1)43(29-15-6-2-7-16-29)31-22-24-32(25-23-31)45-37-21-12-26-41-38(37)35-27-34-33-19-10-11-20-36(33)44(39(34)42-40(35)45)30-17-8-3-9-18-30/h1-27,40,42H. The Morgan fingerprint density at radius 3 is 1.91 bits per heavy atom. The van der Waals surface area contributed by atoms with Crippen LogP contribution < -0.4 is 15.1 Å². The van der Waals surface area contributed by atoms with E-state index in [1.54, 1.807) is 0 Å². The number of anilines is 6. The molecule has 1 atom stereocenters. The van der Waals surface area contributed by atoms with Crippen LogP contribution in [0.4, 0.5) is 34.3 Å². The van der Waals surface area contributed by atoms with E-state index in [4.69, 9.17) is 4.98 Å². The van der Waals surface area contributed by atoms with E-state index in [9.17, 15) is 0 Å². The topological polar surface area (TPSA) is 36.3 Å². The number of fused-ring (bicyclic) bond motifs is 6. The molecular weight excluding hydrogens is 550 g/mol. The lowest BCUT2D eigenvalue weighted by Gasteiger charge is -2.32. The number of nitrogens with zero attached hydrogens (tertiary/aromatic N) is 4. The van der Waals surface area contributed by atoms with Crippen molar-refractivity contribution in [3.05, 3.63) is 169 Å². The molecule has 4 heterocycles. The number of benzene rings is 5. The molecule has 0 spiro atoms. The molecule has 0 aliphatic carbocycles. The molecule has 1 unspecified atom stereocenters. The fraction of sp³-hybridized carbons (Fsp3) is 0.0250. The summed E-state index contributed by atoms with van der Waals surface area (Å²) in [6, 6.07) is 53.3. The predicted molar refractivity (Wildman–Crippen MR) is 186 cm³/mol. The second-order valence-electron chi connectivity index (χ2n) is 11.4. The Bertz CT molecular complexity index is 2150. The van der Waals surface area contributed by atoms with Crippen LogP contribution >= 0.6 is 0 Å². The van der Waals surface area contributed by atoms with Gasteiger partial charge < -0.3 is 15.1 Å². The Kier molecular flexibility index (Phi) is 5.81. The SMILES string of the molecule is C1=C2c3ncccc3N(c3ccc(N(c4ccccc4)c4ccccc4)cc3)C2Nc2c1c1ccccc1n2-c1ccccc1. The number of hydrogen-bond donors (Lipinski definition) is 1. The molecular formula is C40H29N5. The highest BCUT2D eigenvalue weighted by Gasteiger charge is 2.40. The second kappa shape index (κ2) is 10.3. The Morgan fingerprint density at radius 2 is 1.20 bits per heavy atom. The van der Waals surface area contributed by atoms with Gasteiger partial charge in [-0.15, -0.1) is 0 Å². The van der Waals surface area contributed by atoms with Crippen molar-refractivity contribution < 1.29 is 0 Å². The van der Waals surface area contributed by atoms with E-state index < -0.39 is 0 Å². The second-order valence-corrected chi connectivity index (χ2v) is 11.4. The summed E-state index contributed by atoms with van der Waals surface area (Å²) in [5, 5.41) is 5.19. The fourth-order valence-electron chi connectivity index (χ4n) is 6.85. The van der Waals surface area contributed by atoms with Crippen LogP contribution in [0.5, 0.6) is 0 Å². The smallest absolute Gasteiger partial charge is 0.133 e. The maximum Gasteiger partial charge on any atom is 0.133 e. The Labute approximate surface area is 262 Å². The summed E-state index contributed by atoms with van der Waals surface area (Å²) in [6.07, 6.45) is 4.12. The largest absolute Gasteiger partial charge is 0.346 e. The molecule has 5 heteroatoms. The van der Waals surface area contributed by atoms with E-state index >= 15 is 0 Å². The monoisotopic (exact) mass is 579 g/mol. The fourth-order valence-corrected chi connectivity index (χ4v) is 6.85. The van der Waals surface area contributed by atoms with Gasteiger partial charge in [0.25, 0.3) is 0 Å². The minimum atomic E-state index is -0.112. The number of para-hydroxylation sites is 4. The number of aromatic nitrogens is 2. The molecule has 7 aromatic rings. The molecule has 2 aliphatic heterocycles. The van der Waals surface area contributed by atoms with E-state index in [0.717, 1.165) is 45.6 Å². The van der Waals surface area contributed by atoms with Gasteiger partial charge in [-0.2, -0.15) is 0 Å². The third-order valence-corrected chi connectivity index (χ3v) is 8.79. The zero-order chi connectivity index (χ0) is 29.7. The maximum absolute atomic E-state index is 4.90. The lowest BCUT2D eigenvalue weighted by atomic mass is 10.0. The number of nitrogens with one attached hydrogen (secondary N) is 1. The normalized spacial score (nSPS) is 14.7. The van der Waals surface area contributed by atoms with Crippen LogP contribution in [0, 0.1) is 0 Å². The molecule has 0 bridgehead atoms. The van der Waals surface area contributed by atoms with Crippen molar-refractivity contribution >= 4 is 56.8 Å². The highest BCUT2D eigenvalue weighted by molar-refractivity contribution is 6.08. The molecule has 5 aromatic carbocycles. The van der Waals surface area contributed by atoms with Gasteiger partial charge in [0.15, 0.2) is 0 Å². The van der Waals surface area contributed by atoms with Gasteiger partial charge in [0, 0.05) is 51.2 Å². The van der Waals surface area contributed by atoms with Crippen LogP contribution in [-0.4, -0.2) is 15.7 Å². The molecule has 2 aliphatic rings. The van der Waals surface area contributed by atoms with Crippen molar-refractivity contribution in [2.24, 2.45) is 0 Å². The molecule has 0 fully saturated rings. The lowest BCUT2D eigenvalue weighted by molar-refractivity contribution is 0.906. The summed E-state index contributed by atoms with van der Waals surface area (Å²) in [6.45, 7) is 0. The summed E-state index contributed by atoms with van der Waals surface area (Å²) in [7, 11) is 0. The van der Waals surface area contributed by atoms with Gasteiger partial charge in [-0.25, -0.2) is 0 Å². The first-order valence-corrected chi connectivity index (χ1v) is 15.3. The summed E-state index contributed by atoms with van der Waals surface area (Å²) < 4.78 is 2.34. The van der Waals surface area contributed by atoms with E-state index in [2.05, 4.69) is 171 Å². The number of rotatable bonds is 5. The van der Waals surface area contributed by atoms with E-state index in [1.165, 1.54) is 22.0 Å². The van der Waals surface area contributed by atoms with Crippen molar-refractivity contribution in [3.63, 3.8) is 0 Å². The van der Waals surface area contributed by atoms with E-state index in [0.29, 0.717) is 0 Å². The van der Waals surface area contributed by atoms with Gasteiger partial charge in [0.1, 0.15) is 12.0 Å². The highest BCUT2D eigenvalue weighted by atomic mass is 15.3. The van der Waals surface area contributed by atoms with Gasteiger partial charge in [0.2, 0.25) is 0 Å². The quantitative estimate of drug-likeness (QED) is 0.220. The molecule has 45 heavy (non-hydrogen) atoms. The van der Waals surface area contributed by atoms with Crippen molar-refractivity contribution in [1.29, 1.82) is 0 Å². The van der Waals surface area contributed by atoms with Crippen LogP contribution in [0.15, 0.2) is 158 Å². The van der Waals surface area contributed by atoms with Gasteiger partial charge in [-0.05, 0) is 84.9 Å². The molecule has 0 radical (unpaired) electrons. The van der Waals surface area contributed by atoms with Gasteiger partial charge in [-0.1, -0.05) is 72.8 Å². The molecule has 9 rings (SSSR count). The first kappa shape index (κ1) is 25.4. The number of hydrogen-bond acceptors (Lipinski definition) is 4. The van der Waals surface area contributed by atoms with Crippen molar-refractivity contribution in [1.82, 2.24) is 9.55 Å². The molecule has 2 aromatic heterocycles. The van der Waals surface area contributed by atoms with Gasteiger partial charge >= 0.3 is 0 Å². The van der Waals surface area contributed by atoms with Crippen molar-refractivity contribution in [2.45, 2.75) is 6.17 Å². The first-order valence-electron chi connectivity index (χ1n) is 15.3. The lowest BCUT2D eigenvalue weighted by Crippen LogP contribution is -2.36. The van der Waals surface area contributed by atoms with Crippen LogP contribution in [0.3, 0.4) is 0 Å². The maximum atomic E-state index is 4.90. The zero-order valence-corrected chi connectivity index (χ0v) is 24.5. The first-order chi connectivity index (χ1) is 22.3. The molecule has 214 valence electrons. The Morgan fingerprint density at radius 1 is 0.578 bits per heavy atom. The third kappa shape index (κ3) is 4.05. The van der Waals surface area contributed by atoms with Crippen molar-refractivity contribution in [3.8, 4) is 5.69 Å².